The standard InChI is InChI=1S/C15H21NO3/c1-16-10-5-8-15(9-11-16,14(17)18)12-6-3-4-7-13(12)19-2/h3-4,6-7H,5,8-11H2,1-2H3,(H,17,18). The van der Waals surface area contributed by atoms with Crippen LogP contribution in [-0.2, 0) is 10.2 Å². The van der Waals surface area contributed by atoms with Crippen LogP contribution in [0.5, 0.6) is 5.75 Å². The van der Waals surface area contributed by atoms with Crippen LogP contribution in [-0.4, -0.2) is 43.2 Å². The number of carboxylic acid groups (broad SMARTS) is 1. The topological polar surface area (TPSA) is 49.8 Å². The highest BCUT2D eigenvalue weighted by atomic mass is 16.5. The molecule has 4 nitrogen and oxygen atoms in total. The monoisotopic (exact) mass is 263 g/mol. The molecule has 1 aromatic carbocycles. The molecular formula is C15H21NO3. The van der Waals surface area contributed by atoms with E-state index in [1.54, 1.807) is 7.11 Å². The van der Waals surface area contributed by atoms with E-state index in [9.17, 15) is 9.90 Å². The molecule has 104 valence electrons. The number of carboxylic acids is 1. The zero-order chi connectivity index (χ0) is 13.9. The Balaban J connectivity index is 2.46. The third-order valence-corrected chi connectivity index (χ3v) is 4.10. The number of benzene rings is 1. The van der Waals surface area contributed by atoms with Crippen LogP contribution in [0.4, 0.5) is 0 Å². The number of hydrogen-bond acceptors (Lipinski definition) is 3. The fraction of sp³-hybridized carbons (Fsp3) is 0.533. The molecule has 0 bridgehead atoms. The van der Waals surface area contributed by atoms with Crippen molar-refractivity contribution in [3.63, 3.8) is 0 Å². The van der Waals surface area contributed by atoms with Crippen LogP contribution in [0.2, 0.25) is 0 Å². The van der Waals surface area contributed by atoms with E-state index in [2.05, 4.69) is 4.90 Å². The van der Waals surface area contributed by atoms with Crippen molar-refractivity contribution in [3.8, 4) is 5.75 Å². The fourth-order valence-corrected chi connectivity index (χ4v) is 2.91. The van der Waals surface area contributed by atoms with Crippen LogP contribution in [0.1, 0.15) is 24.8 Å². The molecule has 1 unspecified atom stereocenters. The number of hydrogen-bond donors (Lipinski definition) is 1. The molecule has 1 heterocycles. The minimum absolute atomic E-state index is 0.624. The van der Waals surface area contributed by atoms with Crippen molar-refractivity contribution in [3.05, 3.63) is 29.8 Å². The van der Waals surface area contributed by atoms with Gasteiger partial charge in [0.25, 0.3) is 0 Å². The van der Waals surface area contributed by atoms with Crippen LogP contribution < -0.4 is 4.74 Å². The van der Waals surface area contributed by atoms with Gasteiger partial charge in [0.15, 0.2) is 0 Å². The van der Waals surface area contributed by atoms with Gasteiger partial charge < -0.3 is 14.7 Å². The molecule has 1 fully saturated rings. The number of aliphatic carboxylic acids is 1. The second-order valence-corrected chi connectivity index (χ2v) is 5.24. The first-order chi connectivity index (χ1) is 9.10. The quantitative estimate of drug-likeness (QED) is 0.907. The van der Waals surface area contributed by atoms with E-state index in [4.69, 9.17) is 4.74 Å². The van der Waals surface area contributed by atoms with Crippen molar-refractivity contribution in [2.24, 2.45) is 0 Å². The maximum Gasteiger partial charge on any atom is 0.314 e. The van der Waals surface area contributed by atoms with Crippen molar-refractivity contribution < 1.29 is 14.6 Å². The first kappa shape index (κ1) is 13.9. The fourth-order valence-electron chi connectivity index (χ4n) is 2.91. The van der Waals surface area contributed by atoms with Gasteiger partial charge in [0, 0.05) is 5.56 Å². The van der Waals surface area contributed by atoms with Gasteiger partial charge in [-0.2, -0.15) is 0 Å². The first-order valence-corrected chi connectivity index (χ1v) is 6.65. The first-order valence-electron chi connectivity index (χ1n) is 6.65. The molecule has 0 aromatic heterocycles. The van der Waals surface area contributed by atoms with Crippen LogP contribution >= 0.6 is 0 Å². The third kappa shape index (κ3) is 2.59. The van der Waals surface area contributed by atoms with Crippen molar-refractivity contribution in [2.45, 2.75) is 24.7 Å². The van der Waals surface area contributed by atoms with Crippen molar-refractivity contribution in [2.75, 3.05) is 27.2 Å². The Morgan fingerprint density at radius 3 is 2.74 bits per heavy atom. The minimum Gasteiger partial charge on any atom is -0.496 e. The van der Waals surface area contributed by atoms with E-state index in [-0.39, 0.29) is 0 Å². The molecule has 1 aliphatic rings. The number of likely N-dealkylation sites (tertiary alicyclic amines) is 1. The molecule has 4 heteroatoms. The van der Waals surface area contributed by atoms with Crippen LogP contribution in [0.25, 0.3) is 0 Å². The predicted molar refractivity (Wildman–Crippen MR) is 73.7 cm³/mol. The molecule has 0 saturated carbocycles. The van der Waals surface area contributed by atoms with Gasteiger partial charge in [0.05, 0.1) is 12.5 Å². The van der Waals surface area contributed by atoms with E-state index in [1.165, 1.54) is 0 Å². The Labute approximate surface area is 114 Å². The molecule has 0 amide bonds. The highest BCUT2D eigenvalue weighted by Crippen LogP contribution is 2.40. The highest BCUT2D eigenvalue weighted by molar-refractivity contribution is 5.82. The lowest BCUT2D eigenvalue weighted by atomic mass is 9.74. The van der Waals surface area contributed by atoms with Gasteiger partial charge in [-0.25, -0.2) is 0 Å². The summed E-state index contributed by atoms with van der Waals surface area (Å²) in [5.74, 6) is -0.0678. The smallest absolute Gasteiger partial charge is 0.314 e. The summed E-state index contributed by atoms with van der Waals surface area (Å²) in [6.45, 7) is 1.74. The Morgan fingerprint density at radius 2 is 2.05 bits per heavy atom. The second-order valence-electron chi connectivity index (χ2n) is 5.24. The molecule has 1 aromatic rings. The summed E-state index contributed by atoms with van der Waals surface area (Å²) in [5, 5.41) is 9.80. The Kier molecular flexibility index (Phi) is 4.10. The molecule has 19 heavy (non-hydrogen) atoms. The SMILES string of the molecule is COc1ccccc1C1(C(=O)O)CCCN(C)CC1. The normalized spacial score (nSPS) is 24.7. The van der Waals surface area contributed by atoms with Gasteiger partial charge in [-0.05, 0) is 45.5 Å². The van der Waals surface area contributed by atoms with Gasteiger partial charge in [-0.15, -0.1) is 0 Å². The largest absolute Gasteiger partial charge is 0.496 e. The van der Waals surface area contributed by atoms with Crippen LogP contribution in [0.15, 0.2) is 24.3 Å². The van der Waals surface area contributed by atoms with Gasteiger partial charge in [-0.3, -0.25) is 4.79 Å². The maximum absolute atomic E-state index is 11.9. The minimum atomic E-state index is -0.822. The molecular weight excluding hydrogens is 242 g/mol. The third-order valence-electron chi connectivity index (χ3n) is 4.10. The zero-order valence-electron chi connectivity index (χ0n) is 11.6. The van der Waals surface area contributed by atoms with Crippen molar-refractivity contribution >= 4 is 5.97 Å². The Bertz CT molecular complexity index is 460. The van der Waals surface area contributed by atoms with Gasteiger partial charge in [0.1, 0.15) is 5.75 Å². The number of para-hydroxylation sites is 1. The summed E-state index contributed by atoms with van der Waals surface area (Å²) >= 11 is 0. The number of ether oxygens (including phenoxy) is 1. The molecule has 0 spiro atoms. The average molecular weight is 263 g/mol. The van der Waals surface area contributed by atoms with E-state index in [0.29, 0.717) is 18.6 Å². The van der Waals surface area contributed by atoms with Crippen LogP contribution in [0, 0.1) is 0 Å². The van der Waals surface area contributed by atoms with E-state index in [0.717, 1.165) is 25.1 Å². The summed E-state index contributed by atoms with van der Waals surface area (Å²) in [7, 11) is 3.64. The maximum atomic E-state index is 11.9. The van der Waals surface area contributed by atoms with Crippen LogP contribution in [0.3, 0.4) is 0 Å². The Hall–Kier alpha value is -1.55. The molecule has 1 atom stereocenters. The molecule has 1 aliphatic heterocycles. The van der Waals surface area contributed by atoms with Crippen molar-refractivity contribution in [1.29, 1.82) is 0 Å². The zero-order valence-corrected chi connectivity index (χ0v) is 11.6. The summed E-state index contributed by atoms with van der Waals surface area (Å²) in [5.41, 5.74) is -0.0162. The Morgan fingerprint density at radius 1 is 1.32 bits per heavy atom. The number of methoxy groups -OCH3 is 1. The number of rotatable bonds is 3. The summed E-state index contributed by atoms with van der Waals surface area (Å²) in [6, 6.07) is 7.49. The van der Waals surface area contributed by atoms with E-state index in [1.807, 2.05) is 31.3 Å². The predicted octanol–water partition coefficient (Wildman–Crippen LogP) is 2.13. The summed E-state index contributed by atoms with van der Waals surface area (Å²) < 4.78 is 5.36. The molecule has 0 aliphatic carbocycles. The second kappa shape index (κ2) is 5.61. The lowest BCUT2D eigenvalue weighted by Gasteiger charge is -2.30. The van der Waals surface area contributed by atoms with E-state index >= 15 is 0 Å². The van der Waals surface area contributed by atoms with Crippen molar-refractivity contribution in [1.82, 2.24) is 4.90 Å². The number of carbonyl (C=O) groups is 1. The highest BCUT2D eigenvalue weighted by Gasteiger charge is 2.42. The molecule has 0 radical (unpaired) electrons. The van der Waals surface area contributed by atoms with Gasteiger partial charge in [0.2, 0.25) is 0 Å². The van der Waals surface area contributed by atoms with E-state index < -0.39 is 11.4 Å². The lowest BCUT2D eigenvalue weighted by Crippen LogP contribution is -2.37. The van der Waals surface area contributed by atoms with Gasteiger partial charge in [-0.1, -0.05) is 18.2 Å². The number of nitrogens with zero attached hydrogens (tertiary/aromatic N) is 1. The summed E-state index contributed by atoms with van der Waals surface area (Å²) in [4.78, 5) is 14.1. The lowest BCUT2D eigenvalue weighted by molar-refractivity contribution is -0.144. The van der Waals surface area contributed by atoms with Gasteiger partial charge >= 0.3 is 5.97 Å². The molecule has 1 N–H and O–H groups in total. The summed E-state index contributed by atoms with van der Waals surface area (Å²) in [6.07, 6.45) is 2.17. The molecule has 2 rings (SSSR count). The average Bonchev–Trinajstić information content (AvgIpc) is 2.61. The molecule has 1 saturated heterocycles.